The first kappa shape index (κ1) is 20.4. The maximum absolute atomic E-state index is 12.6. The normalized spacial score (nSPS) is 13.4. The van der Waals surface area contributed by atoms with Gasteiger partial charge in [-0.05, 0) is 37.0 Å². The van der Waals surface area contributed by atoms with Crippen molar-refractivity contribution < 1.29 is 14.6 Å². The second-order valence-electron chi connectivity index (χ2n) is 6.83. The Morgan fingerprint density at radius 1 is 1.38 bits per heavy atom. The van der Waals surface area contributed by atoms with Crippen LogP contribution >= 0.6 is 0 Å². The fourth-order valence-electron chi connectivity index (χ4n) is 3.48. The number of methoxy groups -OCH3 is 1. The molecule has 29 heavy (non-hydrogen) atoms. The van der Waals surface area contributed by atoms with Gasteiger partial charge in [-0.3, -0.25) is 13.9 Å². The van der Waals surface area contributed by atoms with E-state index in [4.69, 9.17) is 9.47 Å². The van der Waals surface area contributed by atoms with Crippen molar-refractivity contribution >= 4 is 0 Å². The van der Waals surface area contributed by atoms with Crippen molar-refractivity contribution in [2.45, 2.75) is 38.5 Å². The van der Waals surface area contributed by atoms with E-state index in [0.717, 1.165) is 10.1 Å². The highest BCUT2D eigenvalue weighted by Gasteiger charge is 2.23. The molecule has 0 radical (unpaired) electrons. The molecule has 1 aliphatic heterocycles. The Hall–Kier alpha value is -3.31. The number of nitriles is 1. The summed E-state index contributed by atoms with van der Waals surface area (Å²) < 4.78 is 13.3. The SMILES string of the molecule is C=CCc1ccc(OC[C@@H](O)Cn2c(=O)c(C#N)c3n(c2=O)CCC3)c(OC)c1. The van der Waals surface area contributed by atoms with Gasteiger partial charge in [-0.25, -0.2) is 4.79 Å². The maximum atomic E-state index is 12.6. The summed E-state index contributed by atoms with van der Waals surface area (Å²) in [5.41, 5.74) is 0.276. The second-order valence-corrected chi connectivity index (χ2v) is 6.83. The number of hydrogen-bond donors (Lipinski definition) is 1. The van der Waals surface area contributed by atoms with Crippen LogP contribution in [0.3, 0.4) is 0 Å². The van der Waals surface area contributed by atoms with Gasteiger partial charge in [-0.2, -0.15) is 5.26 Å². The number of aliphatic hydroxyl groups excluding tert-OH is 1. The van der Waals surface area contributed by atoms with Crippen molar-refractivity contribution in [3.05, 3.63) is 68.5 Å². The van der Waals surface area contributed by atoms with Crippen molar-refractivity contribution in [2.24, 2.45) is 0 Å². The van der Waals surface area contributed by atoms with Crippen LogP contribution in [-0.2, 0) is 25.9 Å². The average molecular weight is 397 g/mol. The molecule has 3 rings (SSSR count). The molecule has 1 atom stereocenters. The van der Waals surface area contributed by atoms with E-state index in [2.05, 4.69) is 6.58 Å². The van der Waals surface area contributed by atoms with Crippen LogP contribution in [0.2, 0.25) is 0 Å². The molecule has 0 spiro atoms. The molecule has 1 aliphatic rings. The number of hydrogen-bond acceptors (Lipinski definition) is 6. The zero-order chi connectivity index (χ0) is 21.0. The maximum Gasteiger partial charge on any atom is 0.331 e. The highest BCUT2D eigenvalue weighted by atomic mass is 16.5. The van der Waals surface area contributed by atoms with Crippen molar-refractivity contribution in [2.75, 3.05) is 13.7 Å². The number of benzene rings is 1. The fourth-order valence-corrected chi connectivity index (χ4v) is 3.48. The summed E-state index contributed by atoms with van der Waals surface area (Å²) in [5, 5.41) is 19.7. The first-order chi connectivity index (χ1) is 14.0. The third-order valence-electron chi connectivity index (χ3n) is 4.87. The molecule has 8 heteroatoms. The third-order valence-corrected chi connectivity index (χ3v) is 4.87. The standard InChI is InChI=1S/C21H23N3O5/c1-3-5-14-7-8-18(19(10-14)28-2)29-13-15(25)12-24-20(26)16(11-22)17-6-4-9-23(17)21(24)27/h3,7-8,10,15,25H,1,4-6,9,12-13H2,2H3/t15-/m0/s1. The number of ether oxygens (including phenoxy) is 2. The Balaban J connectivity index is 1.77. The number of fused-ring (bicyclic) bond motifs is 1. The van der Waals surface area contributed by atoms with Gasteiger partial charge in [-0.15, -0.1) is 6.58 Å². The zero-order valence-electron chi connectivity index (χ0n) is 16.3. The summed E-state index contributed by atoms with van der Waals surface area (Å²) in [5.74, 6) is 0.952. The minimum absolute atomic E-state index is 0.0327. The van der Waals surface area contributed by atoms with Gasteiger partial charge in [0.25, 0.3) is 5.56 Å². The van der Waals surface area contributed by atoms with E-state index in [1.165, 1.54) is 11.7 Å². The molecule has 2 heterocycles. The monoisotopic (exact) mass is 397 g/mol. The quantitative estimate of drug-likeness (QED) is 0.666. The fraction of sp³-hybridized carbons (Fsp3) is 0.381. The van der Waals surface area contributed by atoms with Crippen molar-refractivity contribution in [3.8, 4) is 17.6 Å². The van der Waals surface area contributed by atoms with Crippen LogP contribution in [0.15, 0.2) is 40.4 Å². The first-order valence-electron chi connectivity index (χ1n) is 9.35. The third kappa shape index (κ3) is 4.10. The lowest BCUT2D eigenvalue weighted by Crippen LogP contribution is -2.44. The van der Waals surface area contributed by atoms with Crippen LogP contribution in [0.5, 0.6) is 11.5 Å². The molecule has 8 nitrogen and oxygen atoms in total. The molecular formula is C21H23N3O5. The van der Waals surface area contributed by atoms with Gasteiger partial charge in [0.05, 0.1) is 13.7 Å². The lowest BCUT2D eigenvalue weighted by Gasteiger charge is -2.17. The lowest BCUT2D eigenvalue weighted by atomic mass is 10.1. The summed E-state index contributed by atoms with van der Waals surface area (Å²) in [6, 6.07) is 7.31. The van der Waals surface area contributed by atoms with Crippen LogP contribution in [0, 0.1) is 11.3 Å². The molecule has 2 aromatic rings. The van der Waals surface area contributed by atoms with E-state index in [9.17, 15) is 20.0 Å². The summed E-state index contributed by atoms with van der Waals surface area (Å²) in [4.78, 5) is 25.1. The van der Waals surface area contributed by atoms with Crippen molar-refractivity contribution in [1.29, 1.82) is 5.26 Å². The highest BCUT2D eigenvalue weighted by Crippen LogP contribution is 2.28. The van der Waals surface area contributed by atoms with Gasteiger partial charge < -0.3 is 14.6 Å². The summed E-state index contributed by atoms with van der Waals surface area (Å²) in [7, 11) is 1.52. The molecular weight excluding hydrogens is 374 g/mol. The van der Waals surface area contributed by atoms with Crippen molar-refractivity contribution in [1.82, 2.24) is 9.13 Å². The Labute approximate surface area is 167 Å². The average Bonchev–Trinajstić information content (AvgIpc) is 3.20. The molecule has 1 N–H and O–H groups in total. The Morgan fingerprint density at radius 3 is 2.86 bits per heavy atom. The zero-order valence-corrected chi connectivity index (χ0v) is 16.3. The van der Waals surface area contributed by atoms with E-state index in [0.29, 0.717) is 43.0 Å². The second kappa shape index (κ2) is 8.80. The van der Waals surface area contributed by atoms with Gasteiger partial charge in [0.2, 0.25) is 0 Å². The lowest BCUT2D eigenvalue weighted by molar-refractivity contribution is 0.0885. The number of allylic oxidation sites excluding steroid dienone is 1. The van der Waals surface area contributed by atoms with Crippen LogP contribution < -0.4 is 20.7 Å². The highest BCUT2D eigenvalue weighted by molar-refractivity contribution is 5.43. The van der Waals surface area contributed by atoms with Crippen LogP contribution in [-0.4, -0.2) is 34.1 Å². The Morgan fingerprint density at radius 2 is 2.17 bits per heavy atom. The number of nitrogens with zero attached hydrogens (tertiary/aromatic N) is 3. The van der Waals surface area contributed by atoms with E-state index in [1.54, 1.807) is 12.1 Å². The van der Waals surface area contributed by atoms with E-state index >= 15 is 0 Å². The van der Waals surface area contributed by atoms with Crippen molar-refractivity contribution in [3.63, 3.8) is 0 Å². The van der Waals surface area contributed by atoms with Crippen LogP contribution in [0.1, 0.15) is 23.2 Å². The van der Waals surface area contributed by atoms with E-state index < -0.39 is 17.4 Å². The van der Waals surface area contributed by atoms with E-state index in [1.807, 2.05) is 18.2 Å². The minimum Gasteiger partial charge on any atom is -0.493 e. The largest absolute Gasteiger partial charge is 0.493 e. The first-order valence-corrected chi connectivity index (χ1v) is 9.35. The summed E-state index contributed by atoms with van der Waals surface area (Å²) in [6.45, 7) is 3.76. The smallest absolute Gasteiger partial charge is 0.331 e. The summed E-state index contributed by atoms with van der Waals surface area (Å²) in [6.07, 6.45) is 2.58. The molecule has 0 saturated heterocycles. The number of aliphatic hydroxyl groups is 1. The molecule has 152 valence electrons. The molecule has 0 amide bonds. The predicted molar refractivity (Wildman–Crippen MR) is 106 cm³/mol. The van der Waals surface area contributed by atoms with Gasteiger partial charge in [0, 0.05) is 12.2 Å². The van der Waals surface area contributed by atoms with Gasteiger partial charge in [-0.1, -0.05) is 12.1 Å². The van der Waals surface area contributed by atoms with Gasteiger partial charge in [0.1, 0.15) is 24.3 Å². The van der Waals surface area contributed by atoms with Crippen LogP contribution in [0.25, 0.3) is 0 Å². The summed E-state index contributed by atoms with van der Waals surface area (Å²) >= 11 is 0. The molecule has 1 aromatic heterocycles. The molecule has 0 saturated carbocycles. The molecule has 0 bridgehead atoms. The number of aromatic nitrogens is 2. The van der Waals surface area contributed by atoms with Crippen LogP contribution in [0.4, 0.5) is 0 Å². The van der Waals surface area contributed by atoms with Gasteiger partial charge in [0.15, 0.2) is 11.5 Å². The topological polar surface area (TPSA) is 106 Å². The van der Waals surface area contributed by atoms with Gasteiger partial charge >= 0.3 is 5.69 Å². The molecule has 1 aromatic carbocycles. The van der Waals surface area contributed by atoms with E-state index in [-0.39, 0.29) is 18.7 Å². The minimum atomic E-state index is -1.12. The number of rotatable bonds is 8. The molecule has 0 aliphatic carbocycles. The Bertz CT molecular complexity index is 1080. The Kier molecular flexibility index (Phi) is 6.20. The molecule has 0 unspecified atom stereocenters. The predicted octanol–water partition coefficient (Wildman–Crippen LogP) is 1.00. The molecule has 0 fully saturated rings.